The Bertz CT molecular complexity index is 562. The fraction of sp³-hybridized carbons (Fsp3) is 0.611. The lowest BCUT2D eigenvalue weighted by atomic mass is 9.78. The van der Waals surface area contributed by atoms with Crippen molar-refractivity contribution < 1.29 is 9.53 Å². The molecule has 0 unspecified atom stereocenters. The van der Waals surface area contributed by atoms with E-state index >= 15 is 0 Å². The molecule has 0 spiro atoms. The zero-order valence-electron chi connectivity index (χ0n) is 13.7. The van der Waals surface area contributed by atoms with Gasteiger partial charge in [0.2, 0.25) is 5.91 Å². The van der Waals surface area contributed by atoms with E-state index < -0.39 is 0 Å². The molecule has 1 amide bonds. The number of nitrogens with one attached hydrogen (secondary N) is 1. The van der Waals surface area contributed by atoms with E-state index in [1.54, 1.807) is 19.2 Å². The number of piperidine rings is 1. The predicted molar refractivity (Wildman–Crippen MR) is 93.2 cm³/mol. The molecule has 2 aliphatic rings. The Morgan fingerprint density at radius 2 is 2.09 bits per heavy atom. The van der Waals surface area contributed by atoms with E-state index in [1.807, 2.05) is 6.07 Å². The molecule has 0 radical (unpaired) electrons. The molecule has 1 aromatic carbocycles. The van der Waals surface area contributed by atoms with Crippen LogP contribution in [0.25, 0.3) is 0 Å². The molecule has 1 aliphatic heterocycles. The van der Waals surface area contributed by atoms with E-state index in [0.717, 1.165) is 18.2 Å². The minimum atomic E-state index is 0.0393. The summed E-state index contributed by atoms with van der Waals surface area (Å²) in [4.78, 5) is 14.8. The number of halogens is 1. The zero-order chi connectivity index (χ0) is 16.2. The van der Waals surface area contributed by atoms with Gasteiger partial charge >= 0.3 is 0 Å². The second-order valence-electron chi connectivity index (χ2n) is 6.62. The average Bonchev–Trinajstić information content (AvgIpc) is 2.55. The van der Waals surface area contributed by atoms with Gasteiger partial charge in [-0.25, -0.2) is 0 Å². The second-order valence-corrected chi connectivity index (χ2v) is 7.03. The van der Waals surface area contributed by atoms with E-state index in [-0.39, 0.29) is 5.91 Å². The normalized spacial score (nSPS) is 24.8. The summed E-state index contributed by atoms with van der Waals surface area (Å²) < 4.78 is 5.13. The van der Waals surface area contributed by atoms with Crippen molar-refractivity contribution in [1.29, 1.82) is 0 Å². The van der Waals surface area contributed by atoms with Gasteiger partial charge in [-0.05, 0) is 56.3 Å². The maximum Gasteiger partial charge on any atom is 0.238 e. The van der Waals surface area contributed by atoms with E-state index in [4.69, 9.17) is 16.3 Å². The average molecular weight is 337 g/mol. The third-order valence-corrected chi connectivity index (χ3v) is 5.44. The summed E-state index contributed by atoms with van der Waals surface area (Å²) in [7, 11) is 1.58. The number of ether oxygens (including phenoxy) is 1. The molecule has 5 heteroatoms. The van der Waals surface area contributed by atoms with Gasteiger partial charge in [-0.15, -0.1) is 0 Å². The number of anilines is 1. The molecule has 23 heavy (non-hydrogen) atoms. The van der Waals surface area contributed by atoms with Gasteiger partial charge < -0.3 is 10.1 Å². The number of carbonyl (C=O) groups is 1. The van der Waals surface area contributed by atoms with Crippen LogP contribution in [0.3, 0.4) is 0 Å². The molecule has 3 rings (SSSR count). The van der Waals surface area contributed by atoms with Crippen LogP contribution in [0.1, 0.15) is 38.5 Å². The van der Waals surface area contributed by atoms with Crippen molar-refractivity contribution in [1.82, 2.24) is 4.90 Å². The number of methoxy groups -OCH3 is 1. The second kappa shape index (κ2) is 7.54. The number of benzene rings is 1. The highest BCUT2D eigenvalue weighted by Crippen LogP contribution is 2.35. The molecular weight excluding hydrogens is 312 g/mol. The number of hydrogen-bond donors (Lipinski definition) is 1. The largest absolute Gasteiger partial charge is 0.495 e. The van der Waals surface area contributed by atoms with Crippen molar-refractivity contribution in [2.45, 2.75) is 44.6 Å². The van der Waals surface area contributed by atoms with Crippen molar-refractivity contribution in [3.05, 3.63) is 23.2 Å². The molecule has 1 heterocycles. The third kappa shape index (κ3) is 3.99. The number of likely N-dealkylation sites (tertiary alicyclic amines) is 1. The molecule has 0 aromatic heterocycles. The summed E-state index contributed by atoms with van der Waals surface area (Å²) >= 11 is 6.11. The van der Waals surface area contributed by atoms with Crippen LogP contribution in [0, 0.1) is 5.92 Å². The Hall–Kier alpha value is -1.26. The van der Waals surface area contributed by atoms with Crippen molar-refractivity contribution in [2.24, 2.45) is 5.92 Å². The number of nitrogens with zero attached hydrogens (tertiary/aromatic N) is 1. The first-order valence-electron chi connectivity index (χ1n) is 8.55. The van der Waals surface area contributed by atoms with Crippen molar-refractivity contribution in [3.8, 4) is 5.75 Å². The van der Waals surface area contributed by atoms with Crippen LogP contribution < -0.4 is 10.1 Å². The van der Waals surface area contributed by atoms with Crippen LogP contribution in [-0.2, 0) is 4.79 Å². The minimum Gasteiger partial charge on any atom is -0.495 e. The Morgan fingerprint density at radius 3 is 2.87 bits per heavy atom. The van der Waals surface area contributed by atoms with Gasteiger partial charge in [0.1, 0.15) is 5.75 Å². The molecule has 2 fully saturated rings. The quantitative estimate of drug-likeness (QED) is 0.905. The number of rotatable bonds is 4. The Morgan fingerprint density at radius 1 is 1.30 bits per heavy atom. The Balaban J connectivity index is 1.59. The van der Waals surface area contributed by atoms with Gasteiger partial charge in [-0.3, -0.25) is 9.69 Å². The van der Waals surface area contributed by atoms with Gasteiger partial charge in [0, 0.05) is 11.7 Å². The van der Waals surface area contributed by atoms with Crippen LogP contribution in [0.2, 0.25) is 5.02 Å². The van der Waals surface area contributed by atoms with Crippen LogP contribution in [0.5, 0.6) is 5.75 Å². The molecule has 126 valence electrons. The van der Waals surface area contributed by atoms with Gasteiger partial charge in [0.15, 0.2) is 0 Å². The lowest BCUT2D eigenvalue weighted by molar-refractivity contribution is -0.118. The Labute approximate surface area is 143 Å². The highest BCUT2D eigenvalue weighted by Gasteiger charge is 2.33. The van der Waals surface area contributed by atoms with Gasteiger partial charge in [0.25, 0.3) is 0 Å². The molecular formula is C18H25ClN2O2. The molecule has 2 atom stereocenters. The van der Waals surface area contributed by atoms with Gasteiger partial charge in [-0.1, -0.05) is 24.4 Å². The molecule has 1 N–H and O–H groups in total. The summed E-state index contributed by atoms with van der Waals surface area (Å²) in [5.74, 6) is 1.45. The lowest BCUT2D eigenvalue weighted by Crippen LogP contribution is -2.49. The summed E-state index contributed by atoms with van der Waals surface area (Å²) in [6.07, 6.45) is 7.77. The van der Waals surface area contributed by atoms with Crippen LogP contribution >= 0.6 is 11.6 Å². The van der Waals surface area contributed by atoms with Crippen molar-refractivity contribution in [2.75, 3.05) is 25.5 Å². The summed E-state index contributed by atoms with van der Waals surface area (Å²) in [6, 6.07) is 5.93. The van der Waals surface area contributed by atoms with E-state index in [9.17, 15) is 4.79 Å². The fourth-order valence-electron chi connectivity index (χ4n) is 4.05. The van der Waals surface area contributed by atoms with Gasteiger partial charge in [-0.2, -0.15) is 0 Å². The maximum absolute atomic E-state index is 12.4. The van der Waals surface area contributed by atoms with Crippen molar-refractivity contribution in [3.63, 3.8) is 0 Å². The SMILES string of the molecule is COc1ccc(NC(=O)CN2CCC[C@H]3CCCC[C@@H]32)cc1Cl. The first-order chi connectivity index (χ1) is 11.2. The Kier molecular flexibility index (Phi) is 5.44. The lowest BCUT2D eigenvalue weighted by Gasteiger charge is -2.43. The molecule has 0 bridgehead atoms. The number of fused-ring (bicyclic) bond motifs is 1. The molecule has 1 aromatic rings. The summed E-state index contributed by atoms with van der Waals surface area (Å²) in [5.41, 5.74) is 0.720. The van der Waals surface area contributed by atoms with E-state index in [1.165, 1.54) is 38.5 Å². The highest BCUT2D eigenvalue weighted by molar-refractivity contribution is 6.32. The maximum atomic E-state index is 12.4. The predicted octanol–water partition coefficient (Wildman–Crippen LogP) is 3.94. The topological polar surface area (TPSA) is 41.6 Å². The fourth-order valence-corrected chi connectivity index (χ4v) is 4.31. The number of amides is 1. The van der Waals surface area contributed by atoms with Crippen molar-refractivity contribution >= 4 is 23.2 Å². The molecule has 4 nitrogen and oxygen atoms in total. The molecule has 1 saturated heterocycles. The van der Waals surface area contributed by atoms with Gasteiger partial charge in [0.05, 0.1) is 18.7 Å². The smallest absolute Gasteiger partial charge is 0.238 e. The van der Waals surface area contributed by atoms with Crippen LogP contribution in [0.15, 0.2) is 18.2 Å². The first kappa shape index (κ1) is 16.6. The summed E-state index contributed by atoms with van der Waals surface area (Å²) in [5, 5.41) is 3.47. The number of carbonyl (C=O) groups excluding carboxylic acids is 1. The van der Waals surface area contributed by atoms with E-state index in [0.29, 0.717) is 23.4 Å². The zero-order valence-corrected chi connectivity index (χ0v) is 14.4. The number of hydrogen-bond acceptors (Lipinski definition) is 3. The van der Waals surface area contributed by atoms with E-state index in [2.05, 4.69) is 10.2 Å². The molecule has 1 saturated carbocycles. The summed E-state index contributed by atoms with van der Waals surface area (Å²) in [6.45, 7) is 1.52. The third-order valence-electron chi connectivity index (χ3n) is 5.14. The monoisotopic (exact) mass is 336 g/mol. The standard InChI is InChI=1S/C18H25ClN2O2/c1-23-17-9-8-14(11-15(17)19)20-18(22)12-21-10-4-6-13-5-2-3-7-16(13)21/h8-9,11,13,16H,2-7,10,12H2,1H3,(H,20,22)/t13-,16+/m1/s1. The minimum absolute atomic E-state index is 0.0393. The van der Waals surface area contributed by atoms with Crippen LogP contribution in [-0.4, -0.2) is 37.0 Å². The molecule has 1 aliphatic carbocycles. The highest BCUT2D eigenvalue weighted by atomic mass is 35.5. The van der Waals surface area contributed by atoms with Crippen LogP contribution in [0.4, 0.5) is 5.69 Å². The first-order valence-corrected chi connectivity index (χ1v) is 8.92.